The molecule has 1 atom stereocenters. The van der Waals surface area contributed by atoms with Crippen molar-refractivity contribution in [3.63, 3.8) is 0 Å². The third-order valence-corrected chi connectivity index (χ3v) is 3.72. The van der Waals surface area contributed by atoms with E-state index in [1.807, 2.05) is 6.07 Å². The van der Waals surface area contributed by atoms with Crippen molar-refractivity contribution in [3.8, 4) is 5.88 Å². The molecule has 0 spiro atoms. The van der Waals surface area contributed by atoms with E-state index in [9.17, 15) is 0 Å². The Balaban J connectivity index is 2.46. The lowest BCUT2D eigenvalue weighted by molar-refractivity contribution is 0.391. The van der Waals surface area contributed by atoms with E-state index >= 15 is 0 Å². The number of methoxy groups -OCH3 is 1. The van der Waals surface area contributed by atoms with Crippen LogP contribution in [0.3, 0.4) is 0 Å². The van der Waals surface area contributed by atoms with Gasteiger partial charge in [-0.1, -0.05) is 52.4 Å². The van der Waals surface area contributed by atoms with Gasteiger partial charge in [-0.2, -0.15) is 0 Å². The molecule has 0 fully saturated rings. The number of hydrogen-bond acceptors (Lipinski definition) is 4. The van der Waals surface area contributed by atoms with Crippen LogP contribution in [0.15, 0.2) is 12.4 Å². The molecule has 0 radical (unpaired) electrons. The summed E-state index contributed by atoms with van der Waals surface area (Å²) in [5, 5.41) is 3.59. The number of nitrogens with zero attached hydrogens (tertiary/aromatic N) is 2. The third kappa shape index (κ3) is 7.42. The summed E-state index contributed by atoms with van der Waals surface area (Å²) in [4.78, 5) is 8.50. The summed E-state index contributed by atoms with van der Waals surface area (Å²) < 4.78 is 5.20. The van der Waals surface area contributed by atoms with Crippen molar-refractivity contribution in [2.24, 2.45) is 0 Å². The average molecular weight is 293 g/mol. The highest BCUT2D eigenvalue weighted by Crippen LogP contribution is 2.21. The monoisotopic (exact) mass is 293 g/mol. The first-order valence-electron chi connectivity index (χ1n) is 8.41. The van der Waals surface area contributed by atoms with Crippen molar-refractivity contribution in [1.82, 2.24) is 15.3 Å². The maximum Gasteiger partial charge on any atom is 0.216 e. The Kier molecular flexibility index (Phi) is 9.79. The van der Waals surface area contributed by atoms with Crippen molar-refractivity contribution in [3.05, 3.63) is 18.1 Å². The molecule has 0 amide bonds. The van der Waals surface area contributed by atoms with Crippen LogP contribution in [-0.2, 0) is 0 Å². The minimum atomic E-state index is 0.313. The van der Waals surface area contributed by atoms with Crippen LogP contribution in [0.2, 0.25) is 0 Å². The zero-order chi connectivity index (χ0) is 15.3. The Morgan fingerprint density at radius 3 is 2.52 bits per heavy atom. The molecule has 1 N–H and O–H groups in total. The van der Waals surface area contributed by atoms with Gasteiger partial charge in [0.25, 0.3) is 0 Å². The Bertz CT molecular complexity index is 371. The third-order valence-electron chi connectivity index (χ3n) is 3.72. The molecule has 21 heavy (non-hydrogen) atoms. The minimum absolute atomic E-state index is 0.313. The van der Waals surface area contributed by atoms with Gasteiger partial charge in [-0.25, -0.2) is 9.97 Å². The zero-order valence-corrected chi connectivity index (χ0v) is 13.9. The maximum atomic E-state index is 5.20. The van der Waals surface area contributed by atoms with Gasteiger partial charge < -0.3 is 10.1 Å². The number of aromatic nitrogens is 2. The molecule has 0 aliphatic heterocycles. The molecule has 1 rings (SSSR count). The largest absolute Gasteiger partial charge is 0.481 e. The Morgan fingerprint density at radius 2 is 1.81 bits per heavy atom. The molecule has 0 saturated heterocycles. The first-order chi connectivity index (χ1) is 10.3. The van der Waals surface area contributed by atoms with E-state index in [4.69, 9.17) is 4.74 Å². The van der Waals surface area contributed by atoms with Crippen LogP contribution in [-0.4, -0.2) is 23.6 Å². The second kappa shape index (κ2) is 11.5. The molecule has 0 aliphatic carbocycles. The maximum absolute atomic E-state index is 5.20. The van der Waals surface area contributed by atoms with Crippen LogP contribution in [0.1, 0.15) is 76.9 Å². The summed E-state index contributed by atoms with van der Waals surface area (Å²) in [6.45, 7) is 5.47. The van der Waals surface area contributed by atoms with Crippen LogP contribution >= 0.6 is 0 Å². The first-order valence-corrected chi connectivity index (χ1v) is 8.41. The topological polar surface area (TPSA) is 47.0 Å². The van der Waals surface area contributed by atoms with E-state index in [1.165, 1.54) is 38.5 Å². The molecule has 1 unspecified atom stereocenters. The molecule has 1 heterocycles. The SMILES string of the molecule is CCCCCCCCC(NCCC)c1cc(OC)ncn1. The van der Waals surface area contributed by atoms with Crippen LogP contribution in [0.5, 0.6) is 5.88 Å². The van der Waals surface area contributed by atoms with Gasteiger partial charge in [-0.3, -0.25) is 0 Å². The number of unbranched alkanes of at least 4 members (excludes halogenated alkanes) is 5. The molecule has 4 nitrogen and oxygen atoms in total. The van der Waals surface area contributed by atoms with Gasteiger partial charge in [0.05, 0.1) is 12.8 Å². The van der Waals surface area contributed by atoms with Crippen LogP contribution in [0, 0.1) is 0 Å². The summed E-state index contributed by atoms with van der Waals surface area (Å²) in [6.07, 6.45) is 11.8. The second-order valence-corrected chi connectivity index (χ2v) is 5.55. The van der Waals surface area contributed by atoms with E-state index < -0.39 is 0 Å². The molecule has 0 bridgehead atoms. The molecular weight excluding hydrogens is 262 g/mol. The normalized spacial score (nSPS) is 12.3. The van der Waals surface area contributed by atoms with Gasteiger partial charge in [-0.15, -0.1) is 0 Å². The summed E-state index contributed by atoms with van der Waals surface area (Å²) in [6, 6.07) is 2.26. The Hall–Kier alpha value is -1.16. The van der Waals surface area contributed by atoms with Crippen LogP contribution in [0.25, 0.3) is 0 Å². The van der Waals surface area contributed by atoms with Crippen molar-refractivity contribution < 1.29 is 4.74 Å². The van der Waals surface area contributed by atoms with Gasteiger partial charge in [0.15, 0.2) is 0 Å². The van der Waals surface area contributed by atoms with Gasteiger partial charge >= 0.3 is 0 Å². The highest BCUT2D eigenvalue weighted by atomic mass is 16.5. The lowest BCUT2D eigenvalue weighted by Crippen LogP contribution is -2.23. The lowest BCUT2D eigenvalue weighted by atomic mass is 10.0. The smallest absolute Gasteiger partial charge is 0.216 e. The fourth-order valence-electron chi connectivity index (χ4n) is 2.46. The minimum Gasteiger partial charge on any atom is -0.481 e. The van der Waals surface area contributed by atoms with E-state index in [-0.39, 0.29) is 0 Å². The predicted molar refractivity (Wildman–Crippen MR) is 87.6 cm³/mol. The molecule has 1 aromatic heterocycles. The van der Waals surface area contributed by atoms with E-state index in [2.05, 4.69) is 29.1 Å². The lowest BCUT2D eigenvalue weighted by Gasteiger charge is -2.18. The standard InChI is InChI=1S/C17H31N3O/c1-4-6-7-8-9-10-11-15(18-12-5-2)16-13-17(21-3)20-14-19-16/h13-15,18H,4-12H2,1-3H3. The summed E-state index contributed by atoms with van der Waals surface area (Å²) in [5.41, 5.74) is 1.05. The first kappa shape index (κ1) is 17.9. The predicted octanol–water partition coefficient (Wildman–Crippen LogP) is 4.28. The molecular formula is C17H31N3O. The number of hydrogen-bond donors (Lipinski definition) is 1. The highest BCUT2D eigenvalue weighted by molar-refractivity contribution is 5.16. The van der Waals surface area contributed by atoms with Gasteiger partial charge in [0, 0.05) is 12.1 Å². The average Bonchev–Trinajstić information content (AvgIpc) is 2.53. The van der Waals surface area contributed by atoms with Gasteiger partial charge in [0.1, 0.15) is 6.33 Å². The van der Waals surface area contributed by atoms with Crippen molar-refractivity contribution in [2.45, 2.75) is 71.3 Å². The molecule has 1 aromatic rings. The number of rotatable bonds is 12. The summed E-state index contributed by atoms with van der Waals surface area (Å²) in [7, 11) is 1.65. The molecule has 0 aliphatic rings. The second-order valence-electron chi connectivity index (χ2n) is 5.55. The quantitative estimate of drug-likeness (QED) is 0.584. The molecule has 0 aromatic carbocycles. The Labute approximate surface area is 129 Å². The molecule has 120 valence electrons. The van der Waals surface area contributed by atoms with Crippen molar-refractivity contribution in [1.29, 1.82) is 0 Å². The fraction of sp³-hybridized carbons (Fsp3) is 0.765. The Morgan fingerprint density at radius 1 is 1.05 bits per heavy atom. The van der Waals surface area contributed by atoms with Crippen LogP contribution in [0.4, 0.5) is 0 Å². The highest BCUT2D eigenvalue weighted by Gasteiger charge is 2.13. The van der Waals surface area contributed by atoms with Crippen molar-refractivity contribution in [2.75, 3.05) is 13.7 Å². The van der Waals surface area contributed by atoms with Gasteiger partial charge in [0.2, 0.25) is 5.88 Å². The van der Waals surface area contributed by atoms with Gasteiger partial charge in [-0.05, 0) is 19.4 Å². The van der Waals surface area contributed by atoms with E-state index in [0.29, 0.717) is 11.9 Å². The van der Waals surface area contributed by atoms with E-state index in [0.717, 1.165) is 25.1 Å². The number of nitrogens with one attached hydrogen (secondary N) is 1. The zero-order valence-electron chi connectivity index (χ0n) is 13.9. The van der Waals surface area contributed by atoms with E-state index in [1.54, 1.807) is 13.4 Å². The molecule has 0 saturated carbocycles. The fourth-order valence-corrected chi connectivity index (χ4v) is 2.46. The summed E-state index contributed by atoms with van der Waals surface area (Å²) in [5.74, 6) is 0.645. The number of ether oxygens (including phenoxy) is 1. The van der Waals surface area contributed by atoms with Crippen molar-refractivity contribution >= 4 is 0 Å². The molecule has 4 heteroatoms. The summed E-state index contributed by atoms with van der Waals surface area (Å²) >= 11 is 0. The van der Waals surface area contributed by atoms with Crippen LogP contribution < -0.4 is 10.1 Å².